The standard InChI is InChI=1S/C10H22N2O/c1-10(4-3-5-10)12-7-6-11-8-9-13-2/h11-12H,3-9H2,1-2H3. The second kappa shape index (κ2) is 5.58. The first-order chi connectivity index (χ1) is 6.27. The van der Waals surface area contributed by atoms with Crippen LogP contribution in [0.3, 0.4) is 0 Å². The van der Waals surface area contributed by atoms with E-state index in [0.717, 1.165) is 26.2 Å². The van der Waals surface area contributed by atoms with E-state index in [4.69, 9.17) is 4.74 Å². The van der Waals surface area contributed by atoms with Gasteiger partial charge in [-0.05, 0) is 26.2 Å². The zero-order valence-electron chi connectivity index (χ0n) is 8.86. The highest BCUT2D eigenvalue weighted by molar-refractivity contribution is 4.91. The summed E-state index contributed by atoms with van der Waals surface area (Å²) in [6.07, 6.45) is 4.07. The molecule has 0 aromatic carbocycles. The molecule has 13 heavy (non-hydrogen) atoms. The molecule has 2 N–H and O–H groups in total. The summed E-state index contributed by atoms with van der Waals surface area (Å²) in [4.78, 5) is 0. The molecule has 1 aliphatic carbocycles. The van der Waals surface area contributed by atoms with Gasteiger partial charge in [0.1, 0.15) is 0 Å². The van der Waals surface area contributed by atoms with Crippen LogP contribution in [0.4, 0.5) is 0 Å². The molecule has 3 heteroatoms. The monoisotopic (exact) mass is 186 g/mol. The molecular weight excluding hydrogens is 164 g/mol. The van der Waals surface area contributed by atoms with Crippen LogP contribution in [0.1, 0.15) is 26.2 Å². The van der Waals surface area contributed by atoms with Crippen LogP contribution in [-0.2, 0) is 4.74 Å². The molecule has 0 aromatic rings. The van der Waals surface area contributed by atoms with Gasteiger partial charge in [0.25, 0.3) is 0 Å². The number of methoxy groups -OCH3 is 1. The lowest BCUT2D eigenvalue weighted by Crippen LogP contribution is -2.50. The highest BCUT2D eigenvalue weighted by Crippen LogP contribution is 2.30. The molecule has 1 rings (SSSR count). The lowest BCUT2D eigenvalue weighted by molar-refractivity contribution is 0.194. The van der Waals surface area contributed by atoms with E-state index in [-0.39, 0.29) is 0 Å². The zero-order chi connectivity index (χ0) is 9.57. The smallest absolute Gasteiger partial charge is 0.0587 e. The minimum absolute atomic E-state index is 0.447. The van der Waals surface area contributed by atoms with Crippen molar-refractivity contribution in [1.82, 2.24) is 10.6 Å². The highest BCUT2D eigenvalue weighted by Gasteiger charge is 2.30. The molecule has 1 aliphatic rings. The largest absolute Gasteiger partial charge is 0.383 e. The SMILES string of the molecule is COCCNCCNC1(C)CCC1. The zero-order valence-corrected chi connectivity index (χ0v) is 8.86. The third kappa shape index (κ3) is 4.07. The molecule has 0 radical (unpaired) electrons. The van der Waals surface area contributed by atoms with Gasteiger partial charge in [-0.1, -0.05) is 0 Å². The molecule has 1 saturated carbocycles. The Labute approximate surface area is 81.2 Å². The summed E-state index contributed by atoms with van der Waals surface area (Å²) >= 11 is 0. The van der Waals surface area contributed by atoms with Crippen LogP contribution in [0, 0.1) is 0 Å². The van der Waals surface area contributed by atoms with Gasteiger partial charge in [0.2, 0.25) is 0 Å². The van der Waals surface area contributed by atoms with Crippen LogP contribution in [0.5, 0.6) is 0 Å². The maximum Gasteiger partial charge on any atom is 0.0587 e. The molecule has 1 fully saturated rings. The van der Waals surface area contributed by atoms with E-state index in [1.54, 1.807) is 7.11 Å². The van der Waals surface area contributed by atoms with Gasteiger partial charge in [0.15, 0.2) is 0 Å². The Kier molecular flexibility index (Phi) is 4.70. The lowest BCUT2D eigenvalue weighted by Gasteiger charge is -2.39. The van der Waals surface area contributed by atoms with Gasteiger partial charge in [-0.2, -0.15) is 0 Å². The van der Waals surface area contributed by atoms with Gasteiger partial charge in [-0.15, -0.1) is 0 Å². The van der Waals surface area contributed by atoms with Crippen LogP contribution in [0.15, 0.2) is 0 Å². The summed E-state index contributed by atoms with van der Waals surface area (Å²) in [5.74, 6) is 0. The van der Waals surface area contributed by atoms with Gasteiger partial charge in [-0.3, -0.25) is 0 Å². The molecule has 0 bridgehead atoms. The quantitative estimate of drug-likeness (QED) is 0.576. The molecule has 0 saturated heterocycles. The topological polar surface area (TPSA) is 33.3 Å². The van der Waals surface area contributed by atoms with Crippen LogP contribution in [-0.4, -0.2) is 38.9 Å². The van der Waals surface area contributed by atoms with Crippen molar-refractivity contribution < 1.29 is 4.74 Å². The summed E-state index contributed by atoms with van der Waals surface area (Å²) in [7, 11) is 1.73. The van der Waals surface area contributed by atoms with Gasteiger partial charge in [0, 0.05) is 32.3 Å². The molecule has 3 nitrogen and oxygen atoms in total. The van der Waals surface area contributed by atoms with E-state index in [9.17, 15) is 0 Å². The van der Waals surface area contributed by atoms with Gasteiger partial charge in [0.05, 0.1) is 6.61 Å². The van der Waals surface area contributed by atoms with Gasteiger partial charge < -0.3 is 15.4 Å². The van der Waals surface area contributed by atoms with Gasteiger partial charge in [-0.25, -0.2) is 0 Å². The normalized spacial score (nSPS) is 19.8. The van der Waals surface area contributed by atoms with Crippen molar-refractivity contribution in [2.45, 2.75) is 31.7 Å². The first kappa shape index (κ1) is 11.0. The Morgan fingerprint density at radius 1 is 1.23 bits per heavy atom. The highest BCUT2D eigenvalue weighted by atomic mass is 16.5. The van der Waals surface area contributed by atoms with Crippen LogP contribution >= 0.6 is 0 Å². The maximum absolute atomic E-state index is 4.94. The van der Waals surface area contributed by atoms with Crippen molar-refractivity contribution >= 4 is 0 Å². The predicted molar refractivity (Wildman–Crippen MR) is 55.0 cm³/mol. The summed E-state index contributed by atoms with van der Waals surface area (Å²) in [6, 6.07) is 0. The minimum atomic E-state index is 0.447. The van der Waals surface area contributed by atoms with Crippen LogP contribution in [0.2, 0.25) is 0 Å². The van der Waals surface area contributed by atoms with Gasteiger partial charge >= 0.3 is 0 Å². The number of hydrogen-bond donors (Lipinski definition) is 2. The summed E-state index contributed by atoms with van der Waals surface area (Å²) < 4.78 is 4.94. The summed E-state index contributed by atoms with van der Waals surface area (Å²) in [5, 5.41) is 6.89. The number of hydrogen-bond acceptors (Lipinski definition) is 3. The van der Waals surface area contributed by atoms with E-state index >= 15 is 0 Å². The Bertz CT molecular complexity index is 135. The van der Waals surface area contributed by atoms with Crippen molar-refractivity contribution in [3.63, 3.8) is 0 Å². The first-order valence-electron chi connectivity index (χ1n) is 5.21. The summed E-state index contributed by atoms with van der Waals surface area (Å²) in [5.41, 5.74) is 0.447. The van der Waals surface area contributed by atoms with Crippen molar-refractivity contribution in [2.75, 3.05) is 33.4 Å². The Balaban J connectivity index is 1.83. The Hall–Kier alpha value is -0.120. The van der Waals surface area contributed by atoms with Crippen molar-refractivity contribution in [1.29, 1.82) is 0 Å². The minimum Gasteiger partial charge on any atom is -0.383 e. The maximum atomic E-state index is 4.94. The van der Waals surface area contributed by atoms with Crippen LogP contribution < -0.4 is 10.6 Å². The van der Waals surface area contributed by atoms with Crippen molar-refractivity contribution in [3.05, 3.63) is 0 Å². The Morgan fingerprint density at radius 3 is 2.54 bits per heavy atom. The Morgan fingerprint density at radius 2 is 2.00 bits per heavy atom. The molecular formula is C10H22N2O. The van der Waals surface area contributed by atoms with E-state index < -0.39 is 0 Å². The summed E-state index contributed by atoms with van der Waals surface area (Å²) in [6.45, 7) is 6.18. The number of nitrogens with one attached hydrogen (secondary N) is 2. The average Bonchev–Trinajstić information content (AvgIpc) is 2.08. The fraction of sp³-hybridized carbons (Fsp3) is 1.00. The fourth-order valence-corrected chi connectivity index (χ4v) is 1.64. The van der Waals surface area contributed by atoms with E-state index in [1.807, 2.05) is 0 Å². The molecule has 0 atom stereocenters. The lowest BCUT2D eigenvalue weighted by atomic mass is 9.78. The van der Waals surface area contributed by atoms with E-state index in [0.29, 0.717) is 5.54 Å². The molecule has 0 unspecified atom stereocenters. The number of ether oxygens (including phenoxy) is 1. The molecule has 0 heterocycles. The molecule has 0 aromatic heterocycles. The first-order valence-corrected chi connectivity index (χ1v) is 5.21. The van der Waals surface area contributed by atoms with Crippen molar-refractivity contribution in [2.24, 2.45) is 0 Å². The third-order valence-electron chi connectivity index (χ3n) is 2.79. The number of rotatable bonds is 7. The third-order valence-corrected chi connectivity index (χ3v) is 2.79. The molecule has 78 valence electrons. The fourth-order valence-electron chi connectivity index (χ4n) is 1.64. The molecule has 0 aliphatic heterocycles. The van der Waals surface area contributed by atoms with E-state index in [1.165, 1.54) is 19.3 Å². The molecule has 0 spiro atoms. The predicted octanol–water partition coefficient (Wildman–Crippen LogP) is 0.755. The van der Waals surface area contributed by atoms with E-state index in [2.05, 4.69) is 17.6 Å². The molecule has 0 amide bonds. The average molecular weight is 186 g/mol. The second-order valence-electron chi connectivity index (χ2n) is 4.08. The van der Waals surface area contributed by atoms with Crippen LogP contribution in [0.25, 0.3) is 0 Å². The second-order valence-corrected chi connectivity index (χ2v) is 4.08. The van der Waals surface area contributed by atoms with Crippen molar-refractivity contribution in [3.8, 4) is 0 Å².